The standard InChI is InChI=1S/C22H24N2O4/c1-2-3-11-28-22(25)18-13-19(24(15-18)16-20-10-7-12-27-20)14-21(23-26)17-8-5-4-6-9-17/h4-10,12-13,15,26H,2-3,11,14,16H2,1H3/b23-21+. The van der Waals surface area contributed by atoms with E-state index in [9.17, 15) is 10.0 Å². The van der Waals surface area contributed by atoms with Crippen molar-refractivity contribution >= 4 is 11.7 Å². The van der Waals surface area contributed by atoms with Gasteiger partial charge in [0.15, 0.2) is 0 Å². The molecule has 2 aromatic heterocycles. The summed E-state index contributed by atoms with van der Waals surface area (Å²) in [5.74, 6) is 0.417. The van der Waals surface area contributed by atoms with Gasteiger partial charge in [0.05, 0.1) is 30.7 Å². The Bertz CT molecular complexity index is 911. The molecule has 0 saturated heterocycles. The van der Waals surface area contributed by atoms with Crippen molar-refractivity contribution in [3.8, 4) is 0 Å². The number of furan rings is 1. The average molecular weight is 380 g/mol. The molecule has 0 fully saturated rings. The molecule has 0 aliphatic heterocycles. The fraction of sp³-hybridized carbons (Fsp3) is 0.273. The largest absolute Gasteiger partial charge is 0.467 e. The van der Waals surface area contributed by atoms with Gasteiger partial charge in [-0.05, 0) is 30.2 Å². The summed E-state index contributed by atoms with van der Waals surface area (Å²) in [6.07, 6.45) is 5.53. The smallest absolute Gasteiger partial charge is 0.339 e. The number of ether oxygens (including phenoxy) is 1. The van der Waals surface area contributed by atoms with Gasteiger partial charge in [-0.2, -0.15) is 0 Å². The quantitative estimate of drug-likeness (QED) is 0.195. The van der Waals surface area contributed by atoms with Crippen LogP contribution < -0.4 is 0 Å². The highest BCUT2D eigenvalue weighted by molar-refractivity contribution is 6.01. The Labute approximate surface area is 164 Å². The molecular formula is C22H24N2O4. The Balaban J connectivity index is 1.85. The molecular weight excluding hydrogens is 356 g/mol. The minimum absolute atomic E-state index is 0.352. The Kier molecular flexibility index (Phi) is 6.68. The number of esters is 1. The zero-order valence-corrected chi connectivity index (χ0v) is 15.9. The molecule has 0 aliphatic rings. The first-order valence-corrected chi connectivity index (χ1v) is 9.36. The first-order chi connectivity index (χ1) is 13.7. The van der Waals surface area contributed by atoms with Crippen molar-refractivity contribution in [2.75, 3.05) is 6.61 Å². The maximum Gasteiger partial charge on any atom is 0.339 e. The van der Waals surface area contributed by atoms with Crippen molar-refractivity contribution in [1.29, 1.82) is 0 Å². The molecule has 0 saturated carbocycles. The summed E-state index contributed by atoms with van der Waals surface area (Å²) in [6.45, 7) is 2.92. The number of benzene rings is 1. The van der Waals surface area contributed by atoms with Crippen LogP contribution >= 0.6 is 0 Å². The summed E-state index contributed by atoms with van der Waals surface area (Å²) >= 11 is 0. The molecule has 28 heavy (non-hydrogen) atoms. The fourth-order valence-corrected chi connectivity index (χ4v) is 2.92. The summed E-state index contributed by atoms with van der Waals surface area (Å²) < 4.78 is 12.7. The highest BCUT2D eigenvalue weighted by Crippen LogP contribution is 2.17. The molecule has 2 heterocycles. The first kappa shape index (κ1) is 19.5. The van der Waals surface area contributed by atoms with Crippen LogP contribution in [0, 0.1) is 0 Å². The van der Waals surface area contributed by atoms with E-state index in [1.165, 1.54) is 0 Å². The first-order valence-electron chi connectivity index (χ1n) is 9.36. The zero-order valence-electron chi connectivity index (χ0n) is 15.9. The third-order valence-corrected chi connectivity index (χ3v) is 4.44. The second-order valence-corrected chi connectivity index (χ2v) is 6.51. The Morgan fingerprint density at radius 2 is 2.00 bits per heavy atom. The molecule has 0 amide bonds. The molecule has 1 aromatic carbocycles. The van der Waals surface area contributed by atoms with E-state index in [0.29, 0.717) is 30.8 Å². The molecule has 3 aromatic rings. The van der Waals surface area contributed by atoms with Gasteiger partial charge < -0.3 is 18.9 Å². The molecule has 0 radical (unpaired) electrons. The van der Waals surface area contributed by atoms with Gasteiger partial charge in [-0.15, -0.1) is 0 Å². The third-order valence-electron chi connectivity index (χ3n) is 4.44. The number of carbonyl (C=O) groups is 1. The number of unbranched alkanes of at least 4 members (excludes halogenated alkanes) is 1. The van der Waals surface area contributed by atoms with Gasteiger partial charge in [0.1, 0.15) is 5.76 Å². The van der Waals surface area contributed by atoms with Crippen LogP contribution in [-0.2, 0) is 17.7 Å². The number of nitrogens with zero attached hydrogens (tertiary/aromatic N) is 2. The second-order valence-electron chi connectivity index (χ2n) is 6.51. The highest BCUT2D eigenvalue weighted by Gasteiger charge is 2.17. The van der Waals surface area contributed by atoms with E-state index in [-0.39, 0.29) is 5.97 Å². The highest BCUT2D eigenvalue weighted by atomic mass is 16.5. The molecule has 6 nitrogen and oxygen atoms in total. The monoisotopic (exact) mass is 380 g/mol. The van der Waals surface area contributed by atoms with E-state index in [1.807, 2.05) is 54.0 Å². The summed E-state index contributed by atoms with van der Waals surface area (Å²) in [6, 6.07) is 14.9. The lowest BCUT2D eigenvalue weighted by molar-refractivity contribution is 0.0499. The molecule has 0 bridgehead atoms. The van der Waals surface area contributed by atoms with E-state index >= 15 is 0 Å². The normalized spacial score (nSPS) is 11.5. The van der Waals surface area contributed by atoms with Crippen molar-refractivity contribution in [3.63, 3.8) is 0 Å². The van der Waals surface area contributed by atoms with Crippen molar-refractivity contribution in [1.82, 2.24) is 4.57 Å². The van der Waals surface area contributed by atoms with Crippen LogP contribution in [0.3, 0.4) is 0 Å². The van der Waals surface area contributed by atoms with E-state index < -0.39 is 0 Å². The number of aromatic nitrogens is 1. The van der Waals surface area contributed by atoms with E-state index in [0.717, 1.165) is 29.9 Å². The Morgan fingerprint density at radius 1 is 1.18 bits per heavy atom. The zero-order chi connectivity index (χ0) is 19.8. The topological polar surface area (TPSA) is 77.0 Å². The number of carbonyl (C=O) groups excluding carboxylic acids is 1. The molecule has 3 rings (SSSR count). The van der Waals surface area contributed by atoms with Crippen LogP contribution in [0.1, 0.15) is 47.1 Å². The number of hydrogen-bond acceptors (Lipinski definition) is 5. The Hall–Kier alpha value is -3.28. The average Bonchev–Trinajstić information content (AvgIpc) is 3.37. The number of rotatable bonds is 9. The van der Waals surface area contributed by atoms with Crippen molar-refractivity contribution in [2.24, 2.45) is 5.16 Å². The minimum Gasteiger partial charge on any atom is -0.467 e. The predicted molar refractivity (Wildman–Crippen MR) is 106 cm³/mol. The van der Waals surface area contributed by atoms with Gasteiger partial charge in [-0.1, -0.05) is 48.8 Å². The lowest BCUT2D eigenvalue weighted by Gasteiger charge is -2.09. The van der Waals surface area contributed by atoms with Crippen LogP contribution in [0.15, 0.2) is 70.6 Å². The van der Waals surface area contributed by atoms with Crippen LogP contribution in [0.2, 0.25) is 0 Å². The van der Waals surface area contributed by atoms with Gasteiger partial charge in [0.2, 0.25) is 0 Å². The molecule has 1 N–H and O–H groups in total. The summed E-state index contributed by atoms with van der Waals surface area (Å²) in [5.41, 5.74) is 2.65. The van der Waals surface area contributed by atoms with Crippen molar-refractivity contribution in [2.45, 2.75) is 32.7 Å². The third kappa shape index (κ3) is 4.91. The predicted octanol–water partition coefficient (Wildman–Crippen LogP) is 4.51. The van der Waals surface area contributed by atoms with E-state index in [2.05, 4.69) is 5.16 Å². The van der Waals surface area contributed by atoms with E-state index in [1.54, 1.807) is 18.5 Å². The molecule has 6 heteroatoms. The molecule has 0 spiro atoms. The summed E-state index contributed by atoms with van der Waals surface area (Å²) in [4.78, 5) is 12.4. The van der Waals surface area contributed by atoms with E-state index in [4.69, 9.17) is 9.15 Å². The van der Waals surface area contributed by atoms with Crippen LogP contribution in [0.4, 0.5) is 0 Å². The van der Waals surface area contributed by atoms with Gasteiger partial charge in [0.25, 0.3) is 0 Å². The molecule has 146 valence electrons. The second kappa shape index (κ2) is 9.60. The number of oxime groups is 1. The lowest BCUT2D eigenvalue weighted by atomic mass is 10.1. The van der Waals surface area contributed by atoms with Gasteiger partial charge in [0, 0.05) is 18.3 Å². The van der Waals surface area contributed by atoms with Crippen molar-refractivity contribution in [3.05, 3.63) is 83.6 Å². The van der Waals surface area contributed by atoms with Gasteiger partial charge in [-0.25, -0.2) is 4.79 Å². The summed E-state index contributed by atoms with van der Waals surface area (Å²) in [7, 11) is 0. The lowest BCUT2D eigenvalue weighted by Crippen LogP contribution is -2.10. The maximum atomic E-state index is 12.4. The van der Waals surface area contributed by atoms with Gasteiger partial charge >= 0.3 is 5.97 Å². The minimum atomic E-state index is -0.352. The molecule has 0 unspecified atom stereocenters. The summed E-state index contributed by atoms with van der Waals surface area (Å²) in [5, 5.41) is 13.0. The SMILES string of the molecule is CCCCOC(=O)c1cc(C/C(=N\O)c2ccccc2)n(Cc2ccco2)c1. The van der Waals surface area contributed by atoms with Crippen molar-refractivity contribution < 1.29 is 19.2 Å². The maximum absolute atomic E-state index is 12.4. The van der Waals surface area contributed by atoms with Gasteiger partial charge in [-0.3, -0.25) is 0 Å². The number of hydrogen-bond donors (Lipinski definition) is 1. The van der Waals surface area contributed by atoms with Crippen LogP contribution in [0.25, 0.3) is 0 Å². The van der Waals surface area contributed by atoms with Crippen LogP contribution in [-0.4, -0.2) is 28.1 Å². The fourth-order valence-electron chi connectivity index (χ4n) is 2.92. The Morgan fingerprint density at radius 3 is 2.68 bits per heavy atom. The molecule has 0 aliphatic carbocycles. The molecule has 0 atom stereocenters. The van der Waals surface area contributed by atoms with Crippen LogP contribution in [0.5, 0.6) is 0 Å².